The van der Waals surface area contributed by atoms with E-state index in [2.05, 4.69) is 62.0 Å². The predicted molar refractivity (Wildman–Crippen MR) is 132 cm³/mol. The molecule has 0 aliphatic carbocycles. The van der Waals surface area contributed by atoms with E-state index in [0.717, 1.165) is 22.8 Å². The second-order valence-electron chi connectivity index (χ2n) is 9.95. The van der Waals surface area contributed by atoms with Gasteiger partial charge in [0, 0.05) is 17.0 Å². The molecule has 8 nitrogen and oxygen atoms in total. The summed E-state index contributed by atoms with van der Waals surface area (Å²) in [6.07, 6.45) is -0.911. The van der Waals surface area contributed by atoms with E-state index in [4.69, 9.17) is 19.7 Å². The van der Waals surface area contributed by atoms with Crippen molar-refractivity contribution in [3.63, 3.8) is 0 Å². The summed E-state index contributed by atoms with van der Waals surface area (Å²) in [5, 5.41) is 9.64. The Kier molecular flexibility index (Phi) is 9.24. The fourth-order valence-electron chi connectivity index (χ4n) is 3.45. The number of aromatic nitrogens is 4. The fourth-order valence-corrected chi connectivity index (χ4v) is 3.45. The van der Waals surface area contributed by atoms with Gasteiger partial charge in [0.1, 0.15) is 13.2 Å². The Bertz CT molecular complexity index is 956. The molecule has 2 aromatic rings. The topological polar surface area (TPSA) is 88.2 Å². The van der Waals surface area contributed by atoms with Crippen molar-refractivity contribution in [2.24, 2.45) is 0 Å². The third-order valence-electron chi connectivity index (χ3n) is 5.52. The Labute approximate surface area is 203 Å². The molecule has 0 unspecified atom stereocenters. The molecule has 8 heteroatoms. The van der Waals surface area contributed by atoms with Crippen LogP contribution in [0.2, 0.25) is 0 Å². The zero-order valence-corrected chi connectivity index (χ0v) is 22.1. The van der Waals surface area contributed by atoms with Crippen molar-refractivity contribution in [1.82, 2.24) is 19.6 Å². The van der Waals surface area contributed by atoms with E-state index in [-0.39, 0.29) is 36.9 Å². The normalized spacial score (nSPS) is 11.8. The Morgan fingerprint density at radius 2 is 1.21 bits per heavy atom. The maximum atomic E-state index is 13.5. The van der Waals surface area contributed by atoms with Crippen LogP contribution in [0.1, 0.15) is 115 Å². The standard InChI is InChI=1S/C26H40N4O4/c1-15(2)20-13-22(17(5)6)29(27-20)24(26(32)34-12-11-33-25(31)19(9)10)30-23(18(7)8)14-21(28-30)16(3)4/h13-18,24H,9,11-12H2,1-8,10H3. The zero-order valence-electron chi connectivity index (χ0n) is 22.1. The molecular weight excluding hydrogens is 432 g/mol. The van der Waals surface area contributed by atoms with E-state index in [1.54, 1.807) is 16.3 Å². The number of hydrogen-bond acceptors (Lipinski definition) is 6. The monoisotopic (exact) mass is 472 g/mol. The highest BCUT2D eigenvalue weighted by atomic mass is 16.6. The van der Waals surface area contributed by atoms with Gasteiger partial charge in [0.25, 0.3) is 0 Å². The van der Waals surface area contributed by atoms with Gasteiger partial charge in [-0.15, -0.1) is 0 Å². The van der Waals surface area contributed by atoms with Crippen molar-refractivity contribution in [2.45, 2.75) is 92.2 Å². The van der Waals surface area contributed by atoms with Gasteiger partial charge in [-0.05, 0) is 42.7 Å². The van der Waals surface area contributed by atoms with Crippen LogP contribution in [0.25, 0.3) is 0 Å². The number of carbonyl (C=O) groups excluding carboxylic acids is 2. The smallest absolute Gasteiger partial charge is 0.353 e. The van der Waals surface area contributed by atoms with Crippen molar-refractivity contribution in [3.05, 3.63) is 47.1 Å². The molecule has 0 aliphatic rings. The number of nitrogens with zero attached hydrogens (tertiary/aromatic N) is 4. The molecule has 2 rings (SSSR count). The first kappa shape index (κ1) is 27.3. The Morgan fingerprint density at radius 1 is 0.794 bits per heavy atom. The highest BCUT2D eigenvalue weighted by Crippen LogP contribution is 2.29. The molecule has 0 fully saturated rings. The number of ether oxygens (including phenoxy) is 2. The van der Waals surface area contributed by atoms with Gasteiger partial charge in [0.05, 0.1) is 11.4 Å². The molecule has 188 valence electrons. The van der Waals surface area contributed by atoms with E-state index in [1.807, 2.05) is 12.1 Å². The second kappa shape index (κ2) is 11.5. The molecular formula is C26H40N4O4. The number of rotatable bonds is 11. The van der Waals surface area contributed by atoms with Crippen molar-refractivity contribution in [1.29, 1.82) is 0 Å². The van der Waals surface area contributed by atoms with Crippen LogP contribution in [-0.4, -0.2) is 44.7 Å². The minimum atomic E-state index is -0.911. The third-order valence-corrected chi connectivity index (χ3v) is 5.52. The molecule has 0 spiro atoms. The first-order chi connectivity index (χ1) is 15.8. The molecule has 0 aromatic carbocycles. The van der Waals surface area contributed by atoms with Crippen LogP contribution in [-0.2, 0) is 19.1 Å². The minimum absolute atomic E-state index is 0.0507. The minimum Gasteiger partial charge on any atom is -0.459 e. The van der Waals surface area contributed by atoms with Crippen molar-refractivity contribution in [3.8, 4) is 0 Å². The highest BCUT2D eigenvalue weighted by molar-refractivity contribution is 5.86. The molecule has 0 saturated heterocycles. The van der Waals surface area contributed by atoms with Crippen LogP contribution in [0.15, 0.2) is 24.3 Å². The molecule has 2 heterocycles. The number of hydrogen-bond donors (Lipinski definition) is 0. The van der Waals surface area contributed by atoms with Gasteiger partial charge in [-0.1, -0.05) is 62.0 Å². The van der Waals surface area contributed by atoms with Crippen LogP contribution in [0.4, 0.5) is 0 Å². The maximum absolute atomic E-state index is 13.5. The second-order valence-corrected chi connectivity index (χ2v) is 9.95. The van der Waals surface area contributed by atoms with Crippen LogP contribution in [0.3, 0.4) is 0 Å². The molecule has 0 radical (unpaired) electrons. The lowest BCUT2D eigenvalue weighted by molar-refractivity contribution is -0.154. The Hall–Kier alpha value is -2.90. The average molecular weight is 473 g/mol. The van der Waals surface area contributed by atoms with Gasteiger partial charge in [0.15, 0.2) is 0 Å². The van der Waals surface area contributed by atoms with Gasteiger partial charge in [0.2, 0.25) is 6.17 Å². The zero-order chi connectivity index (χ0) is 25.7. The lowest BCUT2D eigenvalue weighted by Gasteiger charge is -2.23. The van der Waals surface area contributed by atoms with E-state index in [9.17, 15) is 9.59 Å². The first-order valence-electron chi connectivity index (χ1n) is 12.0. The van der Waals surface area contributed by atoms with Gasteiger partial charge >= 0.3 is 11.9 Å². The van der Waals surface area contributed by atoms with Crippen molar-refractivity contribution >= 4 is 11.9 Å². The van der Waals surface area contributed by atoms with E-state index < -0.39 is 18.1 Å². The van der Waals surface area contributed by atoms with Crippen molar-refractivity contribution < 1.29 is 19.1 Å². The summed E-state index contributed by atoms with van der Waals surface area (Å²) in [6.45, 7) is 21.6. The van der Waals surface area contributed by atoms with Crippen LogP contribution >= 0.6 is 0 Å². The Balaban J connectivity index is 2.52. The largest absolute Gasteiger partial charge is 0.459 e. The van der Waals surface area contributed by atoms with E-state index in [1.165, 1.54) is 0 Å². The summed E-state index contributed by atoms with van der Waals surface area (Å²) < 4.78 is 14.1. The fraction of sp³-hybridized carbons (Fsp3) is 0.615. The van der Waals surface area contributed by atoms with Gasteiger partial charge in [-0.25, -0.2) is 19.0 Å². The maximum Gasteiger partial charge on any atom is 0.353 e. The highest BCUT2D eigenvalue weighted by Gasteiger charge is 2.33. The molecule has 0 aliphatic heterocycles. The van der Waals surface area contributed by atoms with Gasteiger partial charge in [-0.2, -0.15) is 10.2 Å². The molecule has 34 heavy (non-hydrogen) atoms. The van der Waals surface area contributed by atoms with Crippen molar-refractivity contribution in [2.75, 3.05) is 13.2 Å². The van der Waals surface area contributed by atoms with Gasteiger partial charge < -0.3 is 9.47 Å². The molecule has 0 atom stereocenters. The number of carbonyl (C=O) groups is 2. The van der Waals surface area contributed by atoms with Crippen LogP contribution < -0.4 is 0 Å². The lowest BCUT2D eigenvalue weighted by Crippen LogP contribution is -2.34. The summed E-state index contributed by atoms with van der Waals surface area (Å²) in [6, 6.07) is 4.10. The third kappa shape index (κ3) is 6.36. The number of esters is 2. The SMILES string of the molecule is C=C(C)C(=O)OCCOC(=O)C(n1nc(C(C)C)cc1C(C)C)n1nc(C(C)C)cc1C(C)C. The average Bonchev–Trinajstić information content (AvgIpc) is 3.37. The molecule has 0 N–H and O–H groups in total. The van der Waals surface area contributed by atoms with Crippen LogP contribution in [0.5, 0.6) is 0 Å². The lowest BCUT2D eigenvalue weighted by atomic mass is 10.1. The summed E-state index contributed by atoms with van der Waals surface area (Å²) in [5.41, 5.74) is 3.95. The predicted octanol–water partition coefficient (Wildman–Crippen LogP) is 5.28. The summed E-state index contributed by atoms with van der Waals surface area (Å²) in [4.78, 5) is 25.2. The molecule has 2 aromatic heterocycles. The first-order valence-corrected chi connectivity index (χ1v) is 12.0. The summed E-state index contributed by atoms with van der Waals surface area (Å²) in [5.74, 6) is -0.356. The quantitative estimate of drug-likeness (QED) is 0.251. The Morgan fingerprint density at radius 3 is 1.56 bits per heavy atom. The summed E-state index contributed by atoms with van der Waals surface area (Å²) >= 11 is 0. The van der Waals surface area contributed by atoms with Crippen LogP contribution in [0, 0.1) is 0 Å². The molecule has 0 bridgehead atoms. The van der Waals surface area contributed by atoms with Gasteiger partial charge in [-0.3, -0.25) is 0 Å². The van der Waals surface area contributed by atoms with E-state index >= 15 is 0 Å². The van der Waals surface area contributed by atoms with E-state index in [0.29, 0.717) is 5.57 Å². The summed E-state index contributed by atoms with van der Waals surface area (Å²) in [7, 11) is 0. The molecule has 0 saturated carbocycles. The molecule has 0 amide bonds.